The van der Waals surface area contributed by atoms with E-state index in [0.717, 1.165) is 50.3 Å². The molecule has 2 N–H and O–H groups in total. The van der Waals surface area contributed by atoms with Gasteiger partial charge >= 0.3 is 12.1 Å². The number of imidazole rings is 1. The molecular formula is C38H47F3N8O4. The molecule has 7 rings (SSSR count). The van der Waals surface area contributed by atoms with Gasteiger partial charge in [-0.05, 0) is 50.3 Å². The van der Waals surface area contributed by atoms with Crippen molar-refractivity contribution < 1.29 is 32.5 Å². The van der Waals surface area contributed by atoms with Crippen LogP contribution in [0, 0.1) is 10.8 Å². The number of H-pyrrole nitrogens is 1. The van der Waals surface area contributed by atoms with Crippen LogP contribution in [0.4, 0.5) is 24.7 Å². The largest absolute Gasteiger partial charge is 0.480 e. The number of nitrogens with one attached hydrogen (secondary N) is 1. The van der Waals surface area contributed by atoms with Crippen LogP contribution in [-0.4, -0.2) is 94.1 Å². The van der Waals surface area contributed by atoms with Gasteiger partial charge in [-0.1, -0.05) is 33.1 Å². The second kappa shape index (κ2) is 14.5. The van der Waals surface area contributed by atoms with E-state index in [0.29, 0.717) is 78.1 Å². The Balaban J connectivity index is 1.23. The van der Waals surface area contributed by atoms with Crippen LogP contribution in [0.1, 0.15) is 82.5 Å². The lowest BCUT2D eigenvalue weighted by Gasteiger charge is -2.44. The van der Waals surface area contributed by atoms with E-state index >= 15 is 0 Å². The zero-order chi connectivity index (χ0) is 37.5. The summed E-state index contributed by atoms with van der Waals surface area (Å²) < 4.78 is 53.6. The van der Waals surface area contributed by atoms with E-state index in [-0.39, 0.29) is 29.5 Å². The van der Waals surface area contributed by atoms with Gasteiger partial charge in [0.05, 0.1) is 36.5 Å². The topological polar surface area (TPSA) is 142 Å². The summed E-state index contributed by atoms with van der Waals surface area (Å²) >= 11 is 0. The van der Waals surface area contributed by atoms with E-state index in [2.05, 4.69) is 19.8 Å². The number of hydrogen-bond donors (Lipinski definition) is 2. The maximum Gasteiger partial charge on any atom is 0.433 e. The van der Waals surface area contributed by atoms with Gasteiger partial charge in [0.1, 0.15) is 29.3 Å². The van der Waals surface area contributed by atoms with Crippen LogP contribution in [0.15, 0.2) is 30.6 Å². The van der Waals surface area contributed by atoms with Crippen molar-refractivity contribution in [1.29, 1.82) is 0 Å². The second-order valence-electron chi connectivity index (χ2n) is 15.8. The van der Waals surface area contributed by atoms with E-state index in [1.165, 1.54) is 6.42 Å². The lowest BCUT2D eigenvalue weighted by Crippen LogP contribution is -2.50. The van der Waals surface area contributed by atoms with Crippen LogP contribution in [0.25, 0.3) is 33.9 Å². The van der Waals surface area contributed by atoms with Crippen molar-refractivity contribution in [3.63, 3.8) is 0 Å². The van der Waals surface area contributed by atoms with Crippen molar-refractivity contribution in [3.05, 3.63) is 42.0 Å². The predicted molar refractivity (Wildman–Crippen MR) is 194 cm³/mol. The molecule has 15 heteroatoms. The molecule has 0 bridgehead atoms. The molecule has 3 fully saturated rings. The van der Waals surface area contributed by atoms with E-state index in [9.17, 15) is 18.0 Å². The van der Waals surface area contributed by atoms with Crippen LogP contribution < -0.4 is 9.80 Å². The summed E-state index contributed by atoms with van der Waals surface area (Å²) in [4.78, 5) is 41.8. The molecule has 4 aromatic rings. The number of aromatic nitrogens is 6. The number of carboxylic acid groups (broad SMARTS) is 1. The Kier molecular flexibility index (Phi) is 10.1. The normalized spacial score (nSPS) is 20.1. The van der Waals surface area contributed by atoms with Crippen molar-refractivity contribution >= 4 is 28.6 Å². The maximum absolute atomic E-state index is 14.1. The number of methoxy groups -OCH3 is 1. The smallest absolute Gasteiger partial charge is 0.433 e. The van der Waals surface area contributed by atoms with Crippen LogP contribution in [-0.2, 0) is 20.4 Å². The van der Waals surface area contributed by atoms with Gasteiger partial charge in [0.15, 0.2) is 11.5 Å². The SMILES string of the molecule is COCC1(CN(C)c2cc(-c3cc(C4CC4)nc(C(F)(F)F)c3)nc3nc(-c4cnc(N5CCC(OCC(=O)O)C(C)(C)C5)cn4)[nH]c23)CCCCC1. The van der Waals surface area contributed by atoms with Gasteiger partial charge in [-0.15, -0.1) is 0 Å². The Bertz CT molecular complexity index is 1930. The van der Waals surface area contributed by atoms with Gasteiger partial charge in [0.2, 0.25) is 0 Å². The number of anilines is 2. The van der Waals surface area contributed by atoms with Crippen LogP contribution in [0.5, 0.6) is 0 Å². The standard InChI is InChI=1S/C38H47F3N8O4/c1-36(2)20-49(13-10-30(36)53-19-32(50)51)31-18-42-27(17-43-31)34-46-33-28(48(3)21-37(22-52-4)11-6-5-7-12-37)16-26(45-35(33)47-34)24-14-25(23-8-9-23)44-29(15-24)38(39,40)41/h14-18,23,30H,5-13,19-22H2,1-4H3,(H,50,51)(H,45,46,47). The number of hydrogen-bond acceptors (Lipinski definition) is 10. The number of nitrogens with zero attached hydrogens (tertiary/aromatic N) is 7. The third-order valence-corrected chi connectivity index (χ3v) is 11.0. The zero-order valence-electron chi connectivity index (χ0n) is 30.7. The highest BCUT2D eigenvalue weighted by atomic mass is 19.4. The molecule has 284 valence electrons. The summed E-state index contributed by atoms with van der Waals surface area (Å²) in [6.07, 6.45) is 6.29. The number of alkyl halides is 3. The quantitative estimate of drug-likeness (QED) is 0.154. The molecule has 0 spiro atoms. The molecule has 1 saturated heterocycles. The lowest BCUT2D eigenvalue weighted by atomic mass is 9.74. The molecule has 5 heterocycles. The van der Waals surface area contributed by atoms with E-state index in [4.69, 9.17) is 34.5 Å². The highest BCUT2D eigenvalue weighted by molar-refractivity contribution is 5.91. The molecule has 0 aromatic carbocycles. The molecule has 3 aliphatic rings. The van der Waals surface area contributed by atoms with Crippen LogP contribution >= 0.6 is 0 Å². The van der Waals surface area contributed by atoms with E-state index in [1.54, 1.807) is 25.6 Å². The number of fused-ring (bicyclic) bond motifs is 1. The lowest BCUT2D eigenvalue weighted by molar-refractivity contribution is -0.147. The molecule has 0 radical (unpaired) electrons. The molecule has 2 saturated carbocycles. The Morgan fingerprint density at radius 3 is 2.45 bits per heavy atom. The number of aliphatic carboxylic acids is 1. The molecule has 1 unspecified atom stereocenters. The monoisotopic (exact) mass is 736 g/mol. The average molecular weight is 737 g/mol. The first-order valence-corrected chi connectivity index (χ1v) is 18.3. The Morgan fingerprint density at radius 2 is 1.81 bits per heavy atom. The fraction of sp³-hybridized carbons (Fsp3) is 0.579. The zero-order valence-corrected chi connectivity index (χ0v) is 30.7. The van der Waals surface area contributed by atoms with Crippen molar-refractivity contribution in [2.24, 2.45) is 10.8 Å². The number of aromatic amines is 1. The Morgan fingerprint density at radius 1 is 1.04 bits per heavy atom. The number of halogens is 3. The summed E-state index contributed by atoms with van der Waals surface area (Å²) in [6, 6.07) is 4.66. The fourth-order valence-corrected chi connectivity index (χ4v) is 8.14. The summed E-state index contributed by atoms with van der Waals surface area (Å²) in [7, 11) is 3.73. The van der Waals surface area contributed by atoms with Gasteiger partial charge in [-0.25, -0.2) is 29.7 Å². The van der Waals surface area contributed by atoms with Crippen LogP contribution in [0.3, 0.4) is 0 Å². The van der Waals surface area contributed by atoms with Gasteiger partial charge < -0.3 is 29.4 Å². The molecule has 1 aliphatic heterocycles. The average Bonchev–Trinajstić information content (AvgIpc) is 3.88. The highest BCUT2D eigenvalue weighted by Gasteiger charge is 2.39. The maximum atomic E-state index is 14.1. The van der Waals surface area contributed by atoms with Gasteiger partial charge in [-0.3, -0.25) is 0 Å². The van der Waals surface area contributed by atoms with Crippen LogP contribution in [0.2, 0.25) is 0 Å². The predicted octanol–water partition coefficient (Wildman–Crippen LogP) is 7.11. The number of rotatable bonds is 12. The molecule has 12 nitrogen and oxygen atoms in total. The molecule has 0 amide bonds. The van der Waals surface area contributed by atoms with Crippen molar-refractivity contribution in [1.82, 2.24) is 29.9 Å². The van der Waals surface area contributed by atoms with E-state index in [1.807, 2.05) is 27.0 Å². The summed E-state index contributed by atoms with van der Waals surface area (Å²) in [5.41, 5.74) is 2.14. The van der Waals surface area contributed by atoms with Gasteiger partial charge in [-0.2, -0.15) is 13.2 Å². The summed E-state index contributed by atoms with van der Waals surface area (Å²) in [5, 5.41) is 9.07. The van der Waals surface area contributed by atoms with Gasteiger partial charge in [0, 0.05) is 61.8 Å². The Labute approximate surface area is 306 Å². The highest BCUT2D eigenvalue weighted by Crippen LogP contribution is 2.44. The molecule has 4 aromatic heterocycles. The number of carbonyl (C=O) groups is 1. The third-order valence-electron chi connectivity index (χ3n) is 11.0. The second-order valence-corrected chi connectivity index (χ2v) is 15.8. The minimum atomic E-state index is -4.60. The van der Waals surface area contributed by atoms with Crippen molar-refractivity contribution in [2.45, 2.75) is 83.4 Å². The molecule has 1 atom stereocenters. The minimum absolute atomic E-state index is 0.0170. The Hall–Kier alpha value is -4.37. The molecular weight excluding hydrogens is 689 g/mol. The number of carboxylic acids is 1. The number of piperidine rings is 1. The first-order valence-electron chi connectivity index (χ1n) is 18.3. The van der Waals surface area contributed by atoms with Crippen molar-refractivity contribution in [3.8, 4) is 22.8 Å². The van der Waals surface area contributed by atoms with Gasteiger partial charge in [0.25, 0.3) is 0 Å². The fourth-order valence-electron chi connectivity index (χ4n) is 8.14. The summed E-state index contributed by atoms with van der Waals surface area (Å²) in [6.45, 7) is 6.30. The third kappa shape index (κ3) is 8.10. The minimum Gasteiger partial charge on any atom is -0.480 e. The number of ether oxygens (including phenoxy) is 2. The number of pyridine rings is 2. The molecule has 2 aliphatic carbocycles. The van der Waals surface area contributed by atoms with E-state index < -0.39 is 17.8 Å². The molecule has 53 heavy (non-hydrogen) atoms. The summed E-state index contributed by atoms with van der Waals surface area (Å²) in [5.74, 6) is 0.142. The van der Waals surface area contributed by atoms with Crippen molar-refractivity contribution in [2.75, 3.05) is 56.8 Å². The first kappa shape index (κ1) is 37.0. The first-order chi connectivity index (χ1) is 25.2.